The van der Waals surface area contributed by atoms with Crippen LogP contribution in [0.5, 0.6) is 0 Å². The molecular formula is C21H24FNO3S. The molecule has 4 nitrogen and oxygen atoms in total. The molecule has 2 atom stereocenters. The SMILES string of the molecule is C[C@H](CCc1ccccc1)NC(=O)[C@H](C)OC(=O)CSc1ccccc1F. The highest BCUT2D eigenvalue weighted by atomic mass is 32.2. The molecule has 0 aliphatic rings. The Balaban J connectivity index is 1.70. The zero-order valence-electron chi connectivity index (χ0n) is 15.5. The quantitative estimate of drug-likeness (QED) is 0.521. The van der Waals surface area contributed by atoms with E-state index in [0.29, 0.717) is 4.90 Å². The van der Waals surface area contributed by atoms with E-state index < -0.39 is 12.1 Å². The van der Waals surface area contributed by atoms with Crippen molar-refractivity contribution in [3.05, 3.63) is 66.0 Å². The van der Waals surface area contributed by atoms with E-state index in [-0.39, 0.29) is 23.5 Å². The molecule has 27 heavy (non-hydrogen) atoms. The molecule has 2 aromatic carbocycles. The molecule has 0 aliphatic heterocycles. The van der Waals surface area contributed by atoms with Crippen LogP contribution in [0, 0.1) is 5.82 Å². The summed E-state index contributed by atoms with van der Waals surface area (Å²) in [6.07, 6.45) is 0.757. The third-order valence-electron chi connectivity index (χ3n) is 3.96. The largest absolute Gasteiger partial charge is 0.452 e. The maximum absolute atomic E-state index is 13.5. The van der Waals surface area contributed by atoms with Gasteiger partial charge in [0.2, 0.25) is 0 Å². The normalized spacial score (nSPS) is 12.9. The van der Waals surface area contributed by atoms with Gasteiger partial charge in [-0.2, -0.15) is 0 Å². The summed E-state index contributed by atoms with van der Waals surface area (Å²) < 4.78 is 18.7. The van der Waals surface area contributed by atoms with Crippen molar-refractivity contribution in [3.8, 4) is 0 Å². The molecule has 0 saturated heterocycles. The highest BCUT2D eigenvalue weighted by Gasteiger charge is 2.19. The van der Waals surface area contributed by atoms with Gasteiger partial charge < -0.3 is 10.1 Å². The smallest absolute Gasteiger partial charge is 0.317 e. The number of esters is 1. The van der Waals surface area contributed by atoms with E-state index >= 15 is 0 Å². The van der Waals surface area contributed by atoms with Gasteiger partial charge in [-0.05, 0) is 44.4 Å². The second kappa shape index (κ2) is 10.7. The van der Waals surface area contributed by atoms with Crippen LogP contribution in [0.25, 0.3) is 0 Å². The average Bonchev–Trinajstić information content (AvgIpc) is 2.66. The molecule has 1 N–H and O–H groups in total. The van der Waals surface area contributed by atoms with Gasteiger partial charge >= 0.3 is 5.97 Å². The lowest BCUT2D eigenvalue weighted by Crippen LogP contribution is -2.41. The monoisotopic (exact) mass is 389 g/mol. The van der Waals surface area contributed by atoms with Crippen LogP contribution in [0.2, 0.25) is 0 Å². The van der Waals surface area contributed by atoms with Crippen LogP contribution in [0.3, 0.4) is 0 Å². The Morgan fingerprint density at radius 1 is 1.07 bits per heavy atom. The highest BCUT2D eigenvalue weighted by Crippen LogP contribution is 2.21. The number of benzene rings is 2. The number of halogens is 1. The summed E-state index contributed by atoms with van der Waals surface area (Å²) in [5, 5.41) is 2.86. The summed E-state index contributed by atoms with van der Waals surface area (Å²) in [5.41, 5.74) is 1.21. The van der Waals surface area contributed by atoms with Crippen molar-refractivity contribution in [2.24, 2.45) is 0 Å². The lowest BCUT2D eigenvalue weighted by atomic mass is 10.1. The number of aryl methyl sites for hydroxylation is 1. The number of hydrogen-bond donors (Lipinski definition) is 1. The predicted molar refractivity (Wildman–Crippen MR) is 105 cm³/mol. The summed E-state index contributed by atoms with van der Waals surface area (Å²) in [4.78, 5) is 24.4. The predicted octanol–water partition coefficient (Wildman–Crippen LogP) is 3.99. The van der Waals surface area contributed by atoms with Gasteiger partial charge in [-0.15, -0.1) is 11.8 Å². The van der Waals surface area contributed by atoms with E-state index in [0.717, 1.165) is 24.6 Å². The van der Waals surface area contributed by atoms with Crippen molar-refractivity contribution in [1.82, 2.24) is 5.32 Å². The zero-order valence-corrected chi connectivity index (χ0v) is 16.3. The molecule has 2 aromatic rings. The molecule has 0 fully saturated rings. The van der Waals surface area contributed by atoms with Crippen LogP contribution in [0.4, 0.5) is 4.39 Å². The van der Waals surface area contributed by atoms with Crippen LogP contribution in [0.1, 0.15) is 25.8 Å². The Bertz CT molecular complexity index is 754. The van der Waals surface area contributed by atoms with Crippen molar-refractivity contribution in [2.45, 2.75) is 43.7 Å². The number of thioether (sulfide) groups is 1. The highest BCUT2D eigenvalue weighted by molar-refractivity contribution is 8.00. The van der Waals surface area contributed by atoms with Gasteiger partial charge in [0.15, 0.2) is 6.10 Å². The van der Waals surface area contributed by atoms with Gasteiger partial charge in [-0.1, -0.05) is 42.5 Å². The van der Waals surface area contributed by atoms with Crippen LogP contribution in [0.15, 0.2) is 59.5 Å². The van der Waals surface area contributed by atoms with Crippen molar-refractivity contribution in [2.75, 3.05) is 5.75 Å². The van der Waals surface area contributed by atoms with Gasteiger partial charge in [-0.25, -0.2) is 4.39 Å². The van der Waals surface area contributed by atoms with Crippen LogP contribution < -0.4 is 5.32 Å². The first-order chi connectivity index (χ1) is 13.0. The summed E-state index contributed by atoms with van der Waals surface area (Å²) in [6, 6.07) is 16.2. The number of carbonyl (C=O) groups is 2. The van der Waals surface area contributed by atoms with Gasteiger partial charge in [0.1, 0.15) is 5.82 Å². The number of amides is 1. The second-order valence-corrected chi connectivity index (χ2v) is 7.30. The Hall–Kier alpha value is -2.34. The van der Waals surface area contributed by atoms with Crippen LogP contribution in [-0.2, 0) is 20.7 Å². The fourth-order valence-corrected chi connectivity index (χ4v) is 3.17. The molecular weight excluding hydrogens is 365 g/mol. The van der Waals surface area contributed by atoms with Crippen LogP contribution in [-0.4, -0.2) is 29.8 Å². The van der Waals surface area contributed by atoms with E-state index in [2.05, 4.69) is 5.32 Å². The Morgan fingerprint density at radius 2 is 1.74 bits per heavy atom. The lowest BCUT2D eigenvalue weighted by molar-refractivity contribution is -0.152. The van der Waals surface area contributed by atoms with Crippen molar-refractivity contribution < 1.29 is 18.7 Å². The Labute approximate surface area is 163 Å². The third-order valence-corrected chi connectivity index (χ3v) is 4.98. The molecule has 0 unspecified atom stereocenters. The minimum Gasteiger partial charge on any atom is -0.452 e. The minimum absolute atomic E-state index is 0.0355. The maximum Gasteiger partial charge on any atom is 0.317 e. The van der Waals surface area contributed by atoms with E-state index in [1.54, 1.807) is 18.2 Å². The van der Waals surface area contributed by atoms with Gasteiger partial charge in [0.05, 0.1) is 5.75 Å². The van der Waals surface area contributed by atoms with E-state index in [9.17, 15) is 14.0 Å². The molecule has 1 amide bonds. The maximum atomic E-state index is 13.5. The fourth-order valence-electron chi connectivity index (χ4n) is 2.44. The molecule has 6 heteroatoms. The molecule has 144 valence electrons. The summed E-state index contributed by atoms with van der Waals surface area (Å²) in [7, 11) is 0. The molecule has 0 saturated carbocycles. The lowest BCUT2D eigenvalue weighted by Gasteiger charge is -2.18. The first kappa shape index (κ1) is 21.0. The van der Waals surface area contributed by atoms with Gasteiger partial charge in [-0.3, -0.25) is 9.59 Å². The number of nitrogens with one attached hydrogen (secondary N) is 1. The second-order valence-electron chi connectivity index (χ2n) is 6.29. The minimum atomic E-state index is -0.891. The Morgan fingerprint density at radius 3 is 2.44 bits per heavy atom. The van der Waals surface area contributed by atoms with Gasteiger partial charge in [0.25, 0.3) is 5.91 Å². The van der Waals surface area contributed by atoms with Crippen LogP contribution >= 0.6 is 11.8 Å². The summed E-state index contributed by atoms with van der Waals surface area (Å²) in [5.74, 6) is -1.32. The molecule has 2 rings (SSSR count). The molecule has 0 heterocycles. The average molecular weight is 389 g/mol. The van der Waals surface area contributed by atoms with Crippen molar-refractivity contribution >= 4 is 23.6 Å². The van der Waals surface area contributed by atoms with Crippen molar-refractivity contribution in [3.63, 3.8) is 0 Å². The molecule has 0 bridgehead atoms. The number of carbonyl (C=O) groups excluding carboxylic acids is 2. The fraction of sp³-hybridized carbons (Fsp3) is 0.333. The van der Waals surface area contributed by atoms with Crippen molar-refractivity contribution in [1.29, 1.82) is 0 Å². The van der Waals surface area contributed by atoms with E-state index in [1.165, 1.54) is 18.6 Å². The first-order valence-electron chi connectivity index (χ1n) is 8.87. The molecule has 0 aromatic heterocycles. The number of hydrogen-bond acceptors (Lipinski definition) is 4. The molecule has 0 spiro atoms. The third kappa shape index (κ3) is 7.43. The number of rotatable bonds is 9. The van der Waals surface area contributed by atoms with E-state index in [4.69, 9.17) is 4.74 Å². The Kier molecular flexibility index (Phi) is 8.33. The first-order valence-corrected chi connectivity index (χ1v) is 9.85. The van der Waals surface area contributed by atoms with Gasteiger partial charge in [0, 0.05) is 10.9 Å². The molecule has 0 radical (unpaired) electrons. The summed E-state index contributed by atoms with van der Waals surface area (Å²) >= 11 is 1.05. The van der Waals surface area contributed by atoms with E-state index in [1.807, 2.05) is 37.3 Å². The topological polar surface area (TPSA) is 55.4 Å². The number of ether oxygens (including phenoxy) is 1. The standard InChI is InChI=1S/C21H24FNO3S/c1-15(12-13-17-8-4-3-5-9-17)23-21(25)16(2)26-20(24)14-27-19-11-7-6-10-18(19)22/h3-11,15-16H,12-14H2,1-2H3,(H,23,25)/t15-,16+/m1/s1. The summed E-state index contributed by atoms with van der Waals surface area (Å²) in [6.45, 7) is 3.45. The molecule has 0 aliphatic carbocycles. The zero-order chi connectivity index (χ0) is 19.6.